The maximum atomic E-state index is 11.5. The van der Waals surface area contributed by atoms with E-state index in [0.29, 0.717) is 11.3 Å². The molecule has 0 aliphatic rings. The van der Waals surface area contributed by atoms with Crippen LogP contribution in [0.2, 0.25) is 0 Å². The van der Waals surface area contributed by atoms with Crippen molar-refractivity contribution < 1.29 is 14.3 Å². The topological polar surface area (TPSA) is 61.3 Å². The van der Waals surface area contributed by atoms with Gasteiger partial charge in [0.15, 0.2) is 0 Å². The summed E-state index contributed by atoms with van der Waals surface area (Å²) in [6.07, 6.45) is 1.25. The standard InChI is InChI=1S/C10H14N2O3/c1-6(2)15-9(13)8-5-11-10(14-4)12-7(8)3/h5-6H,1-4H3. The molecule has 1 aromatic heterocycles. The van der Waals surface area contributed by atoms with E-state index < -0.39 is 5.97 Å². The quantitative estimate of drug-likeness (QED) is 0.705. The first-order valence-corrected chi connectivity index (χ1v) is 4.63. The minimum absolute atomic E-state index is 0.154. The van der Waals surface area contributed by atoms with E-state index in [-0.39, 0.29) is 12.1 Å². The predicted octanol–water partition coefficient (Wildman–Crippen LogP) is 1.36. The zero-order valence-electron chi connectivity index (χ0n) is 9.27. The van der Waals surface area contributed by atoms with Crippen LogP contribution >= 0.6 is 0 Å². The van der Waals surface area contributed by atoms with Crippen LogP contribution in [0, 0.1) is 6.92 Å². The number of carbonyl (C=O) groups excluding carboxylic acids is 1. The summed E-state index contributed by atoms with van der Waals surface area (Å²) in [5.41, 5.74) is 0.914. The summed E-state index contributed by atoms with van der Waals surface area (Å²) in [7, 11) is 1.47. The molecule has 0 atom stereocenters. The molecule has 0 N–H and O–H groups in total. The minimum Gasteiger partial charge on any atom is -0.467 e. The van der Waals surface area contributed by atoms with Crippen LogP contribution in [-0.4, -0.2) is 29.2 Å². The number of esters is 1. The molecule has 5 nitrogen and oxygen atoms in total. The summed E-state index contributed by atoms with van der Waals surface area (Å²) in [6, 6.07) is 0.244. The summed E-state index contributed by atoms with van der Waals surface area (Å²) >= 11 is 0. The van der Waals surface area contributed by atoms with Crippen LogP contribution in [0.3, 0.4) is 0 Å². The van der Waals surface area contributed by atoms with Gasteiger partial charge in [0.1, 0.15) is 0 Å². The molecule has 0 radical (unpaired) electrons. The van der Waals surface area contributed by atoms with Crippen molar-refractivity contribution in [3.63, 3.8) is 0 Å². The van der Waals surface area contributed by atoms with Gasteiger partial charge < -0.3 is 9.47 Å². The molecular formula is C10H14N2O3. The molecule has 0 saturated carbocycles. The van der Waals surface area contributed by atoms with Crippen molar-refractivity contribution in [1.82, 2.24) is 9.97 Å². The number of aryl methyl sites for hydroxylation is 1. The molecule has 0 aliphatic heterocycles. The van der Waals surface area contributed by atoms with E-state index in [2.05, 4.69) is 9.97 Å². The number of carbonyl (C=O) groups is 1. The lowest BCUT2D eigenvalue weighted by Crippen LogP contribution is -2.14. The molecule has 0 aliphatic carbocycles. The summed E-state index contributed by atoms with van der Waals surface area (Å²) in [4.78, 5) is 19.4. The highest BCUT2D eigenvalue weighted by Crippen LogP contribution is 2.10. The lowest BCUT2D eigenvalue weighted by molar-refractivity contribution is 0.0376. The lowest BCUT2D eigenvalue weighted by atomic mass is 10.2. The molecule has 15 heavy (non-hydrogen) atoms. The molecule has 82 valence electrons. The minimum atomic E-state index is -0.412. The summed E-state index contributed by atoms with van der Waals surface area (Å²) in [5, 5.41) is 0. The Balaban J connectivity index is 2.90. The Kier molecular flexibility index (Phi) is 3.60. The predicted molar refractivity (Wildman–Crippen MR) is 53.9 cm³/mol. The molecule has 0 unspecified atom stereocenters. The SMILES string of the molecule is COc1ncc(C(=O)OC(C)C)c(C)n1. The third-order valence-electron chi connectivity index (χ3n) is 1.70. The van der Waals surface area contributed by atoms with E-state index in [0.717, 1.165) is 0 Å². The van der Waals surface area contributed by atoms with Crippen LogP contribution in [0.15, 0.2) is 6.20 Å². The van der Waals surface area contributed by atoms with Crippen molar-refractivity contribution >= 4 is 5.97 Å². The number of methoxy groups -OCH3 is 1. The monoisotopic (exact) mass is 210 g/mol. The summed E-state index contributed by atoms with van der Waals surface area (Å²) in [6.45, 7) is 5.29. The highest BCUT2D eigenvalue weighted by atomic mass is 16.5. The van der Waals surface area contributed by atoms with Gasteiger partial charge in [-0.05, 0) is 20.8 Å². The number of nitrogens with zero attached hydrogens (tertiary/aromatic N) is 2. The average molecular weight is 210 g/mol. The molecule has 0 bridgehead atoms. The highest BCUT2D eigenvalue weighted by Gasteiger charge is 2.14. The van der Waals surface area contributed by atoms with Crippen LogP contribution in [0.4, 0.5) is 0 Å². The van der Waals surface area contributed by atoms with E-state index in [4.69, 9.17) is 9.47 Å². The van der Waals surface area contributed by atoms with E-state index >= 15 is 0 Å². The summed E-state index contributed by atoms with van der Waals surface area (Å²) < 4.78 is 9.87. The average Bonchev–Trinajstić information content (AvgIpc) is 2.16. The van der Waals surface area contributed by atoms with Gasteiger partial charge in [-0.25, -0.2) is 9.78 Å². The second-order valence-corrected chi connectivity index (χ2v) is 3.31. The van der Waals surface area contributed by atoms with E-state index in [1.807, 2.05) is 0 Å². The van der Waals surface area contributed by atoms with Crippen molar-refractivity contribution in [2.45, 2.75) is 26.9 Å². The van der Waals surface area contributed by atoms with Gasteiger partial charge in [0.2, 0.25) is 0 Å². The Morgan fingerprint density at radius 2 is 2.13 bits per heavy atom. The Morgan fingerprint density at radius 1 is 1.47 bits per heavy atom. The molecule has 1 aromatic rings. The van der Waals surface area contributed by atoms with Gasteiger partial charge in [0.25, 0.3) is 0 Å². The smallest absolute Gasteiger partial charge is 0.341 e. The van der Waals surface area contributed by atoms with E-state index in [1.54, 1.807) is 20.8 Å². The van der Waals surface area contributed by atoms with Gasteiger partial charge >= 0.3 is 12.0 Å². The van der Waals surface area contributed by atoms with Gasteiger partial charge in [0.05, 0.1) is 24.5 Å². The largest absolute Gasteiger partial charge is 0.467 e. The molecule has 0 saturated heterocycles. The fraction of sp³-hybridized carbons (Fsp3) is 0.500. The van der Waals surface area contributed by atoms with Crippen LogP contribution in [0.1, 0.15) is 29.9 Å². The van der Waals surface area contributed by atoms with Crippen molar-refractivity contribution in [3.05, 3.63) is 17.5 Å². The maximum absolute atomic E-state index is 11.5. The number of hydrogen-bond acceptors (Lipinski definition) is 5. The Labute approximate surface area is 88.4 Å². The second-order valence-electron chi connectivity index (χ2n) is 3.31. The van der Waals surface area contributed by atoms with Gasteiger partial charge in [-0.1, -0.05) is 0 Å². The maximum Gasteiger partial charge on any atom is 0.341 e. The van der Waals surface area contributed by atoms with Gasteiger partial charge in [-0.15, -0.1) is 0 Å². The molecule has 0 spiro atoms. The molecule has 0 fully saturated rings. The zero-order valence-corrected chi connectivity index (χ0v) is 9.27. The molecule has 1 heterocycles. The molecular weight excluding hydrogens is 196 g/mol. The Bertz CT molecular complexity index is 364. The third-order valence-corrected chi connectivity index (χ3v) is 1.70. The van der Waals surface area contributed by atoms with Crippen molar-refractivity contribution in [1.29, 1.82) is 0 Å². The van der Waals surface area contributed by atoms with Crippen LogP contribution in [0.5, 0.6) is 6.01 Å². The van der Waals surface area contributed by atoms with Crippen LogP contribution in [0.25, 0.3) is 0 Å². The number of hydrogen-bond donors (Lipinski definition) is 0. The zero-order chi connectivity index (χ0) is 11.4. The van der Waals surface area contributed by atoms with Gasteiger partial charge in [-0.2, -0.15) is 4.98 Å². The molecule has 0 amide bonds. The molecule has 1 rings (SSSR count). The molecule has 0 aromatic carbocycles. The molecule has 5 heteroatoms. The van der Waals surface area contributed by atoms with E-state index in [1.165, 1.54) is 13.3 Å². The fourth-order valence-corrected chi connectivity index (χ4v) is 1.02. The number of aromatic nitrogens is 2. The van der Waals surface area contributed by atoms with E-state index in [9.17, 15) is 4.79 Å². The summed E-state index contributed by atoms with van der Waals surface area (Å²) in [5.74, 6) is -0.412. The first-order valence-electron chi connectivity index (χ1n) is 4.63. The number of ether oxygens (including phenoxy) is 2. The van der Waals surface area contributed by atoms with Crippen LogP contribution < -0.4 is 4.74 Å². The third kappa shape index (κ3) is 2.90. The number of rotatable bonds is 3. The lowest BCUT2D eigenvalue weighted by Gasteiger charge is -2.09. The van der Waals surface area contributed by atoms with Crippen molar-refractivity contribution in [3.8, 4) is 6.01 Å². The normalized spacial score (nSPS) is 10.2. The first-order chi connectivity index (χ1) is 7.04. The second kappa shape index (κ2) is 4.72. The van der Waals surface area contributed by atoms with Crippen molar-refractivity contribution in [2.75, 3.05) is 7.11 Å². The van der Waals surface area contributed by atoms with Crippen molar-refractivity contribution in [2.24, 2.45) is 0 Å². The highest BCUT2D eigenvalue weighted by molar-refractivity contribution is 5.90. The van der Waals surface area contributed by atoms with Gasteiger partial charge in [0, 0.05) is 6.20 Å². The Morgan fingerprint density at radius 3 is 2.60 bits per heavy atom. The van der Waals surface area contributed by atoms with Crippen LogP contribution in [-0.2, 0) is 4.74 Å². The first kappa shape index (κ1) is 11.4. The fourth-order valence-electron chi connectivity index (χ4n) is 1.02. The van der Waals surface area contributed by atoms with Gasteiger partial charge in [-0.3, -0.25) is 0 Å². The Hall–Kier alpha value is -1.65.